The van der Waals surface area contributed by atoms with E-state index in [4.69, 9.17) is 4.74 Å². The van der Waals surface area contributed by atoms with Crippen LogP contribution in [0, 0.1) is 11.8 Å². The van der Waals surface area contributed by atoms with E-state index < -0.39 is 0 Å². The summed E-state index contributed by atoms with van der Waals surface area (Å²) < 4.78 is 4.77. The molecule has 2 bridgehead atoms. The van der Waals surface area contributed by atoms with Crippen molar-refractivity contribution in [3.05, 3.63) is 34.0 Å². The van der Waals surface area contributed by atoms with Gasteiger partial charge in [-0.25, -0.2) is 0 Å². The fourth-order valence-corrected chi connectivity index (χ4v) is 4.37. The van der Waals surface area contributed by atoms with E-state index in [2.05, 4.69) is 11.8 Å². The summed E-state index contributed by atoms with van der Waals surface area (Å²) in [5.41, 5.74) is 0. The summed E-state index contributed by atoms with van der Waals surface area (Å²) in [5, 5.41) is 0. The maximum Gasteiger partial charge on any atom is 0.303 e. The van der Waals surface area contributed by atoms with Gasteiger partial charge in [-0.2, -0.15) is 0 Å². The Hall–Kier alpha value is -2.63. The summed E-state index contributed by atoms with van der Waals surface area (Å²) in [6, 6.07) is 3.76. The molecule has 0 aliphatic carbocycles. The first-order chi connectivity index (χ1) is 13.8. The minimum Gasteiger partial charge on any atom is -0.453 e. The Kier molecular flexibility index (Phi) is 6.72. The SMILES string of the molecule is CC(=O)OCC#Cc1ccc(C(=O)N2CC3CC(C2)N3C(=O)/C=C/CN(C)C)s1. The highest BCUT2D eigenvalue weighted by molar-refractivity contribution is 7.14. The summed E-state index contributed by atoms with van der Waals surface area (Å²) in [6.45, 7) is 3.23. The molecule has 2 amide bonds. The van der Waals surface area contributed by atoms with E-state index in [1.54, 1.807) is 18.2 Å². The van der Waals surface area contributed by atoms with Crippen LogP contribution in [0.25, 0.3) is 0 Å². The molecule has 2 atom stereocenters. The van der Waals surface area contributed by atoms with Gasteiger partial charge in [-0.1, -0.05) is 17.9 Å². The highest BCUT2D eigenvalue weighted by Crippen LogP contribution is 2.33. The van der Waals surface area contributed by atoms with Crippen LogP contribution >= 0.6 is 11.3 Å². The van der Waals surface area contributed by atoms with Crippen LogP contribution in [0.1, 0.15) is 27.9 Å². The molecule has 0 saturated carbocycles. The number of piperidine rings is 1. The van der Waals surface area contributed by atoms with Gasteiger partial charge in [0.25, 0.3) is 5.91 Å². The fraction of sp³-hybridized carbons (Fsp3) is 0.476. The van der Waals surface area contributed by atoms with Crippen LogP contribution < -0.4 is 0 Å². The summed E-state index contributed by atoms with van der Waals surface area (Å²) in [6.07, 6.45) is 4.46. The molecule has 4 rings (SSSR count). The number of hydrogen-bond acceptors (Lipinski definition) is 6. The number of likely N-dealkylation sites (N-methyl/N-ethyl adjacent to an activating group) is 1. The molecule has 8 heteroatoms. The van der Waals surface area contributed by atoms with E-state index in [0.717, 1.165) is 17.8 Å². The monoisotopic (exact) mass is 415 g/mol. The Morgan fingerprint density at radius 3 is 2.66 bits per heavy atom. The van der Waals surface area contributed by atoms with E-state index in [-0.39, 0.29) is 36.5 Å². The summed E-state index contributed by atoms with van der Waals surface area (Å²) in [7, 11) is 3.91. The van der Waals surface area contributed by atoms with Crippen LogP contribution in [0.15, 0.2) is 24.3 Å². The van der Waals surface area contributed by atoms with Crippen molar-refractivity contribution >= 4 is 29.1 Å². The molecule has 2 unspecified atom stereocenters. The average Bonchev–Trinajstić information content (AvgIpc) is 3.13. The molecule has 3 saturated heterocycles. The first-order valence-electron chi connectivity index (χ1n) is 9.50. The van der Waals surface area contributed by atoms with Gasteiger partial charge in [-0.15, -0.1) is 11.3 Å². The van der Waals surface area contributed by atoms with Gasteiger partial charge in [0.05, 0.1) is 21.8 Å². The zero-order chi connectivity index (χ0) is 21.0. The second kappa shape index (κ2) is 9.25. The van der Waals surface area contributed by atoms with Crippen molar-refractivity contribution in [1.29, 1.82) is 0 Å². The number of piperazine rings is 1. The van der Waals surface area contributed by atoms with Crippen molar-refractivity contribution in [1.82, 2.24) is 14.7 Å². The second-order valence-corrected chi connectivity index (χ2v) is 8.49. The zero-order valence-corrected chi connectivity index (χ0v) is 17.7. The molecule has 4 heterocycles. The van der Waals surface area contributed by atoms with Gasteiger partial charge in [-0.3, -0.25) is 14.4 Å². The van der Waals surface area contributed by atoms with Gasteiger partial charge in [0, 0.05) is 32.6 Å². The number of carbonyl (C=O) groups excluding carboxylic acids is 3. The number of fused-ring (bicyclic) bond motifs is 2. The number of ether oxygens (including phenoxy) is 1. The molecule has 3 fully saturated rings. The number of carbonyl (C=O) groups is 3. The standard InChI is InChI=1S/C21H25N3O4S/c1-15(25)28-11-5-6-18-8-9-19(29-18)21(27)23-13-16-12-17(14-23)24(16)20(26)7-4-10-22(2)3/h4,7-9,16-17H,10-14H2,1-3H3/b7-4+. The number of amides is 2. The van der Waals surface area contributed by atoms with Crippen LogP contribution in [-0.2, 0) is 14.3 Å². The Bertz CT molecular complexity index is 868. The Labute approximate surface area is 174 Å². The van der Waals surface area contributed by atoms with Crippen molar-refractivity contribution in [3.63, 3.8) is 0 Å². The summed E-state index contributed by atoms with van der Waals surface area (Å²) in [4.78, 5) is 43.1. The summed E-state index contributed by atoms with van der Waals surface area (Å²) in [5.74, 6) is 5.30. The van der Waals surface area contributed by atoms with Gasteiger partial charge in [0.15, 0.2) is 6.61 Å². The molecule has 3 aliphatic rings. The van der Waals surface area contributed by atoms with Gasteiger partial charge in [0.1, 0.15) is 0 Å². The molecule has 0 aromatic carbocycles. The zero-order valence-electron chi connectivity index (χ0n) is 16.9. The van der Waals surface area contributed by atoms with E-state index in [1.807, 2.05) is 34.9 Å². The summed E-state index contributed by atoms with van der Waals surface area (Å²) >= 11 is 1.33. The molecule has 0 N–H and O–H groups in total. The molecule has 7 nitrogen and oxygen atoms in total. The fourth-order valence-electron chi connectivity index (χ4n) is 3.52. The normalized spacial score (nSPS) is 20.3. The molecule has 154 valence electrons. The Morgan fingerprint density at radius 2 is 2.00 bits per heavy atom. The minimum absolute atomic E-state index is 0.0204. The van der Waals surface area contributed by atoms with Gasteiger partial charge < -0.3 is 19.4 Å². The lowest BCUT2D eigenvalue weighted by molar-refractivity contribution is -0.146. The topological polar surface area (TPSA) is 70.2 Å². The third-order valence-corrected chi connectivity index (χ3v) is 5.83. The molecule has 3 aliphatic heterocycles. The highest BCUT2D eigenvalue weighted by Gasteiger charge is 2.47. The van der Waals surface area contributed by atoms with Crippen LogP contribution in [0.3, 0.4) is 0 Å². The predicted molar refractivity (Wildman–Crippen MR) is 110 cm³/mol. The number of thiophene rings is 1. The largest absolute Gasteiger partial charge is 0.453 e. The third kappa shape index (κ3) is 5.25. The molecule has 1 aromatic heterocycles. The van der Waals surface area contributed by atoms with Gasteiger partial charge in [0.2, 0.25) is 5.91 Å². The van der Waals surface area contributed by atoms with E-state index in [1.165, 1.54) is 18.3 Å². The van der Waals surface area contributed by atoms with Crippen LogP contribution in [0.4, 0.5) is 0 Å². The molecule has 0 radical (unpaired) electrons. The van der Waals surface area contributed by atoms with Crippen molar-refractivity contribution in [2.24, 2.45) is 0 Å². The average molecular weight is 416 g/mol. The van der Waals surface area contributed by atoms with E-state index >= 15 is 0 Å². The molecule has 1 aromatic rings. The van der Waals surface area contributed by atoms with Crippen LogP contribution in [-0.4, -0.2) is 84.9 Å². The van der Waals surface area contributed by atoms with Crippen LogP contribution in [0.2, 0.25) is 0 Å². The second-order valence-electron chi connectivity index (χ2n) is 7.41. The smallest absolute Gasteiger partial charge is 0.303 e. The molecule has 29 heavy (non-hydrogen) atoms. The number of nitrogens with zero attached hydrogens (tertiary/aromatic N) is 3. The maximum atomic E-state index is 12.8. The lowest BCUT2D eigenvalue weighted by Crippen LogP contribution is -2.70. The number of hydrogen-bond donors (Lipinski definition) is 0. The third-order valence-electron chi connectivity index (χ3n) is 4.84. The van der Waals surface area contributed by atoms with Gasteiger partial charge in [-0.05, 0) is 32.6 Å². The first kappa shape index (κ1) is 21.1. The maximum absolute atomic E-state index is 12.8. The highest BCUT2D eigenvalue weighted by atomic mass is 32.1. The molecular formula is C21H25N3O4S. The number of rotatable bonds is 5. The van der Waals surface area contributed by atoms with Crippen molar-refractivity contribution in [2.45, 2.75) is 25.4 Å². The quantitative estimate of drug-likeness (QED) is 0.411. The van der Waals surface area contributed by atoms with Gasteiger partial charge >= 0.3 is 5.97 Å². The van der Waals surface area contributed by atoms with E-state index in [9.17, 15) is 14.4 Å². The Balaban J connectivity index is 1.54. The van der Waals surface area contributed by atoms with Crippen LogP contribution in [0.5, 0.6) is 0 Å². The Morgan fingerprint density at radius 1 is 1.28 bits per heavy atom. The number of esters is 1. The lowest BCUT2D eigenvalue weighted by atomic mass is 9.87. The lowest BCUT2D eigenvalue weighted by Gasteiger charge is -2.55. The first-order valence-corrected chi connectivity index (χ1v) is 10.3. The van der Waals surface area contributed by atoms with Crippen molar-refractivity contribution < 1.29 is 19.1 Å². The van der Waals surface area contributed by atoms with Crippen molar-refractivity contribution in [3.8, 4) is 11.8 Å². The molecule has 0 spiro atoms. The predicted octanol–water partition coefficient (Wildman–Crippen LogP) is 1.21. The van der Waals surface area contributed by atoms with Crippen molar-refractivity contribution in [2.75, 3.05) is 40.3 Å². The molecular weight excluding hydrogens is 390 g/mol. The minimum atomic E-state index is -0.370. The van der Waals surface area contributed by atoms with E-state index in [0.29, 0.717) is 18.0 Å².